The zero-order valence-electron chi connectivity index (χ0n) is 11.3. The SMILES string of the molecule is C=CCCCCCCCCCP(=O)(OC)OC. The standard InChI is InChI=1S/C13H27O3P/c1-4-5-6-7-8-9-10-11-12-13-17(14,15-2)16-3/h4H,1,5-13H2,2-3H3. The van der Waals surface area contributed by atoms with Gasteiger partial charge in [-0.15, -0.1) is 6.58 Å². The Morgan fingerprint density at radius 1 is 0.941 bits per heavy atom. The minimum absolute atomic E-state index is 0.538. The summed E-state index contributed by atoms with van der Waals surface area (Å²) >= 11 is 0. The van der Waals surface area contributed by atoms with Gasteiger partial charge in [-0.1, -0.05) is 38.2 Å². The van der Waals surface area contributed by atoms with Gasteiger partial charge in [-0.2, -0.15) is 0 Å². The molecular weight excluding hydrogens is 235 g/mol. The van der Waals surface area contributed by atoms with E-state index >= 15 is 0 Å². The van der Waals surface area contributed by atoms with E-state index in [-0.39, 0.29) is 0 Å². The fourth-order valence-corrected chi connectivity index (χ4v) is 2.86. The molecule has 0 aliphatic heterocycles. The van der Waals surface area contributed by atoms with E-state index in [1.165, 1.54) is 46.3 Å². The molecule has 0 unspecified atom stereocenters. The highest BCUT2D eigenvalue weighted by Gasteiger charge is 2.19. The van der Waals surface area contributed by atoms with E-state index in [1.807, 2.05) is 6.08 Å². The Kier molecular flexibility index (Phi) is 10.9. The molecule has 0 rings (SSSR count). The van der Waals surface area contributed by atoms with Crippen LogP contribution in [0.25, 0.3) is 0 Å². The molecule has 0 bridgehead atoms. The largest absolute Gasteiger partial charge is 0.330 e. The van der Waals surface area contributed by atoms with E-state index in [9.17, 15) is 4.57 Å². The van der Waals surface area contributed by atoms with Gasteiger partial charge in [-0.05, 0) is 19.3 Å². The second-order valence-electron chi connectivity index (χ2n) is 4.25. The summed E-state index contributed by atoms with van der Waals surface area (Å²) in [5, 5.41) is 0. The van der Waals surface area contributed by atoms with Gasteiger partial charge in [0.05, 0.1) is 6.16 Å². The third-order valence-corrected chi connectivity index (χ3v) is 4.87. The van der Waals surface area contributed by atoms with Crippen LogP contribution in [0.5, 0.6) is 0 Å². The first kappa shape index (κ1) is 16.9. The first-order chi connectivity index (χ1) is 8.18. The molecule has 0 atom stereocenters. The van der Waals surface area contributed by atoms with E-state index < -0.39 is 7.60 Å². The first-order valence-corrected chi connectivity index (χ1v) is 8.22. The molecule has 0 aromatic heterocycles. The average Bonchev–Trinajstić information content (AvgIpc) is 2.36. The number of rotatable bonds is 12. The zero-order chi connectivity index (χ0) is 13.0. The van der Waals surface area contributed by atoms with Crippen LogP contribution in [-0.2, 0) is 13.6 Å². The maximum absolute atomic E-state index is 11.7. The predicted octanol–water partition coefficient (Wildman–Crippen LogP) is 4.78. The maximum atomic E-state index is 11.7. The average molecular weight is 262 g/mol. The third kappa shape index (κ3) is 9.58. The summed E-state index contributed by atoms with van der Waals surface area (Å²) < 4.78 is 21.5. The van der Waals surface area contributed by atoms with Crippen LogP contribution in [0.2, 0.25) is 0 Å². The van der Waals surface area contributed by atoms with E-state index in [1.54, 1.807) is 0 Å². The van der Waals surface area contributed by atoms with Gasteiger partial charge in [0.15, 0.2) is 0 Å². The van der Waals surface area contributed by atoms with Gasteiger partial charge in [-0.25, -0.2) is 0 Å². The van der Waals surface area contributed by atoms with Crippen molar-refractivity contribution in [2.75, 3.05) is 20.4 Å². The van der Waals surface area contributed by atoms with Crippen molar-refractivity contribution in [3.05, 3.63) is 12.7 Å². The summed E-state index contributed by atoms with van der Waals surface area (Å²) in [6.45, 7) is 3.71. The molecule has 0 aliphatic carbocycles. The molecule has 0 fully saturated rings. The lowest BCUT2D eigenvalue weighted by molar-refractivity contribution is 0.275. The number of hydrogen-bond donors (Lipinski definition) is 0. The molecule has 4 heteroatoms. The Morgan fingerprint density at radius 3 is 1.88 bits per heavy atom. The molecule has 0 aliphatic rings. The van der Waals surface area contributed by atoms with Crippen LogP contribution in [-0.4, -0.2) is 20.4 Å². The molecule has 0 amide bonds. The molecular formula is C13H27O3P. The molecule has 0 saturated carbocycles. The number of unbranched alkanes of at least 4 members (excludes halogenated alkanes) is 7. The van der Waals surface area contributed by atoms with Crippen LogP contribution in [0.3, 0.4) is 0 Å². The first-order valence-electron chi connectivity index (χ1n) is 6.50. The fraction of sp³-hybridized carbons (Fsp3) is 0.846. The highest BCUT2D eigenvalue weighted by molar-refractivity contribution is 7.53. The smallest absolute Gasteiger partial charge is 0.312 e. The second-order valence-corrected chi connectivity index (χ2v) is 6.65. The Labute approximate surface area is 106 Å². The van der Waals surface area contributed by atoms with Crippen molar-refractivity contribution in [1.82, 2.24) is 0 Å². The Balaban J connectivity index is 3.29. The normalized spacial score (nSPS) is 11.6. The second kappa shape index (κ2) is 11.0. The Hall–Kier alpha value is -0.110. The lowest BCUT2D eigenvalue weighted by atomic mass is 10.1. The van der Waals surface area contributed by atoms with Gasteiger partial charge >= 0.3 is 7.60 Å². The number of hydrogen-bond acceptors (Lipinski definition) is 3. The summed E-state index contributed by atoms with van der Waals surface area (Å²) in [5.74, 6) is 0. The fourth-order valence-electron chi connectivity index (χ4n) is 1.74. The van der Waals surface area contributed by atoms with Crippen LogP contribution in [0, 0.1) is 0 Å². The van der Waals surface area contributed by atoms with Gasteiger partial charge in [0.1, 0.15) is 0 Å². The summed E-state index contributed by atoms with van der Waals surface area (Å²) in [7, 11) is 0.134. The van der Waals surface area contributed by atoms with E-state index in [0.29, 0.717) is 6.16 Å². The third-order valence-electron chi connectivity index (χ3n) is 2.90. The molecule has 0 radical (unpaired) electrons. The molecule has 0 heterocycles. The Bertz CT molecular complexity index is 221. The summed E-state index contributed by atoms with van der Waals surface area (Å²) in [5.41, 5.74) is 0. The summed E-state index contributed by atoms with van der Waals surface area (Å²) in [4.78, 5) is 0. The van der Waals surface area contributed by atoms with Gasteiger partial charge < -0.3 is 9.05 Å². The zero-order valence-corrected chi connectivity index (χ0v) is 12.2. The van der Waals surface area contributed by atoms with Crippen molar-refractivity contribution in [2.45, 2.75) is 51.4 Å². The minimum Gasteiger partial charge on any atom is -0.312 e. The van der Waals surface area contributed by atoms with E-state index in [4.69, 9.17) is 9.05 Å². The van der Waals surface area contributed by atoms with Gasteiger partial charge in [0, 0.05) is 14.2 Å². The van der Waals surface area contributed by atoms with Crippen LogP contribution >= 0.6 is 7.60 Å². The molecule has 17 heavy (non-hydrogen) atoms. The molecule has 0 aromatic carbocycles. The van der Waals surface area contributed by atoms with Gasteiger partial charge in [0.2, 0.25) is 0 Å². The highest BCUT2D eigenvalue weighted by atomic mass is 31.2. The van der Waals surface area contributed by atoms with Crippen molar-refractivity contribution < 1.29 is 13.6 Å². The summed E-state index contributed by atoms with van der Waals surface area (Å²) in [6, 6.07) is 0. The minimum atomic E-state index is -2.76. The molecule has 3 nitrogen and oxygen atoms in total. The van der Waals surface area contributed by atoms with Crippen LogP contribution in [0.4, 0.5) is 0 Å². The monoisotopic (exact) mass is 262 g/mol. The van der Waals surface area contributed by atoms with Gasteiger partial charge in [0.25, 0.3) is 0 Å². The van der Waals surface area contributed by atoms with Crippen LogP contribution in [0.1, 0.15) is 51.4 Å². The lowest BCUT2D eigenvalue weighted by Crippen LogP contribution is -1.94. The molecule has 0 spiro atoms. The van der Waals surface area contributed by atoms with Crippen molar-refractivity contribution in [3.63, 3.8) is 0 Å². The van der Waals surface area contributed by atoms with Crippen LogP contribution < -0.4 is 0 Å². The molecule has 0 N–H and O–H groups in total. The highest BCUT2D eigenvalue weighted by Crippen LogP contribution is 2.47. The van der Waals surface area contributed by atoms with Crippen LogP contribution in [0.15, 0.2) is 12.7 Å². The molecule has 102 valence electrons. The predicted molar refractivity (Wildman–Crippen MR) is 73.6 cm³/mol. The maximum Gasteiger partial charge on any atom is 0.330 e. The number of allylic oxidation sites excluding steroid dienone is 1. The van der Waals surface area contributed by atoms with Crippen molar-refractivity contribution in [2.24, 2.45) is 0 Å². The lowest BCUT2D eigenvalue weighted by Gasteiger charge is -2.12. The quantitative estimate of drug-likeness (QED) is 0.288. The van der Waals surface area contributed by atoms with E-state index in [0.717, 1.165) is 19.3 Å². The van der Waals surface area contributed by atoms with Crippen molar-refractivity contribution in [3.8, 4) is 0 Å². The summed E-state index contributed by atoms with van der Waals surface area (Å²) in [6.07, 6.45) is 12.0. The van der Waals surface area contributed by atoms with Gasteiger partial charge in [-0.3, -0.25) is 4.57 Å². The Morgan fingerprint density at radius 2 is 1.41 bits per heavy atom. The molecule has 0 aromatic rings. The van der Waals surface area contributed by atoms with E-state index in [2.05, 4.69) is 6.58 Å². The van der Waals surface area contributed by atoms with Crippen molar-refractivity contribution >= 4 is 7.60 Å². The van der Waals surface area contributed by atoms with Crippen molar-refractivity contribution in [1.29, 1.82) is 0 Å². The topological polar surface area (TPSA) is 35.5 Å². The molecule has 0 saturated heterocycles.